The quantitative estimate of drug-likeness (QED) is 0.629. The highest BCUT2D eigenvalue weighted by Crippen LogP contribution is 2.21. The molecule has 6 nitrogen and oxygen atoms in total. The molecule has 3 aromatic heterocycles. The van der Waals surface area contributed by atoms with E-state index in [0.29, 0.717) is 23.3 Å². The van der Waals surface area contributed by atoms with Gasteiger partial charge in [-0.3, -0.25) is 9.78 Å². The van der Waals surface area contributed by atoms with E-state index < -0.39 is 0 Å². The number of hydrogen-bond donors (Lipinski definition) is 1. The van der Waals surface area contributed by atoms with E-state index in [2.05, 4.69) is 20.3 Å². The highest BCUT2D eigenvalue weighted by Gasteiger charge is 2.16. The predicted octanol–water partition coefficient (Wildman–Crippen LogP) is 2.70. The van der Waals surface area contributed by atoms with Crippen molar-refractivity contribution in [3.8, 4) is 0 Å². The van der Waals surface area contributed by atoms with E-state index in [0.717, 1.165) is 16.7 Å². The van der Waals surface area contributed by atoms with E-state index in [1.165, 1.54) is 6.26 Å². The van der Waals surface area contributed by atoms with Crippen LogP contribution in [0.4, 0.5) is 0 Å². The van der Waals surface area contributed by atoms with Crippen molar-refractivity contribution in [3.05, 3.63) is 66.2 Å². The Kier molecular flexibility index (Phi) is 3.20. The second-order valence-electron chi connectivity index (χ2n) is 5.02. The maximum absolute atomic E-state index is 12.4. The molecule has 0 bridgehead atoms. The first-order valence-corrected chi connectivity index (χ1v) is 7.13. The summed E-state index contributed by atoms with van der Waals surface area (Å²) >= 11 is 0. The number of furan rings is 1. The average Bonchev–Trinajstić information content (AvgIpc) is 3.01. The molecule has 0 aliphatic carbocycles. The Morgan fingerprint density at radius 1 is 1.04 bits per heavy atom. The van der Waals surface area contributed by atoms with Gasteiger partial charge in [-0.1, -0.05) is 18.2 Å². The Morgan fingerprint density at radius 2 is 1.83 bits per heavy atom. The summed E-state index contributed by atoms with van der Waals surface area (Å²) in [6.45, 7) is 0.341. The normalized spacial score (nSPS) is 11.0. The van der Waals surface area contributed by atoms with E-state index >= 15 is 0 Å². The largest absolute Gasteiger partial charge is 0.444 e. The minimum Gasteiger partial charge on any atom is -0.444 e. The molecule has 0 aliphatic heterocycles. The molecule has 0 saturated heterocycles. The van der Waals surface area contributed by atoms with Crippen LogP contribution >= 0.6 is 0 Å². The third-order valence-electron chi connectivity index (χ3n) is 3.48. The highest BCUT2D eigenvalue weighted by molar-refractivity contribution is 6.04. The zero-order valence-electron chi connectivity index (χ0n) is 12.1. The molecule has 4 rings (SSSR count). The fourth-order valence-corrected chi connectivity index (χ4v) is 2.34. The van der Waals surface area contributed by atoms with Crippen molar-refractivity contribution in [1.29, 1.82) is 0 Å². The van der Waals surface area contributed by atoms with Gasteiger partial charge >= 0.3 is 0 Å². The number of hydrogen-bond acceptors (Lipinski definition) is 5. The van der Waals surface area contributed by atoms with Crippen LogP contribution < -0.4 is 5.32 Å². The molecule has 0 spiro atoms. The summed E-state index contributed by atoms with van der Waals surface area (Å²) < 4.78 is 5.38. The van der Waals surface area contributed by atoms with Crippen molar-refractivity contribution in [2.24, 2.45) is 0 Å². The Balaban J connectivity index is 1.65. The van der Waals surface area contributed by atoms with E-state index in [9.17, 15) is 4.79 Å². The summed E-state index contributed by atoms with van der Waals surface area (Å²) in [5.74, 6) is -0.265. The smallest absolute Gasteiger partial charge is 0.257 e. The molecule has 0 aliphatic rings. The van der Waals surface area contributed by atoms with Crippen molar-refractivity contribution >= 4 is 28.2 Å². The van der Waals surface area contributed by atoms with Crippen LogP contribution in [0.3, 0.4) is 0 Å². The lowest BCUT2D eigenvalue weighted by Crippen LogP contribution is -2.23. The second kappa shape index (κ2) is 5.49. The van der Waals surface area contributed by atoms with E-state index in [1.807, 2.05) is 42.5 Å². The first-order chi connectivity index (χ1) is 11.3. The predicted molar refractivity (Wildman–Crippen MR) is 84.7 cm³/mol. The number of carbonyl (C=O) groups is 1. The maximum Gasteiger partial charge on any atom is 0.257 e. The van der Waals surface area contributed by atoms with Gasteiger partial charge in [0, 0.05) is 6.20 Å². The zero-order chi connectivity index (χ0) is 15.6. The topological polar surface area (TPSA) is 80.9 Å². The monoisotopic (exact) mass is 304 g/mol. The lowest BCUT2D eigenvalue weighted by atomic mass is 10.2. The lowest BCUT2D eigenvalue weighted by Gasteiger charge is -2.03. The fourth-order valence-electron chi connectivity index (χ4n) is 2.34. The SMILES string of the molecule is O=C(NCc1ccccn1)c1coc2nc3ccccc3nc12. The van der Waals surface area contributed by atoms with Crippen LogP contribution in [0.2, 0.25) is 0 Å². The van der Waals surface area contributed by atoms with Crippen LogP contribution in [-0.2, 0) is 6.54 Å². The Morgan fingerprint density at radius 3 is 2.61 bits per heavy atom. The number of para-hydroxylation sites is 2. The number of rotatable bonds is 3. The number of fused-ring (bicyclic) bond motifs is 2. The molecule has 0 atom stereocenters. The van der Waals surface area contributed by atoms with Crippen LogP contribution in [0, 0.1) is 0 Å². The number of benzene rings is 1. The van der Waals surface area contributed by atoms with Crippen molar-refractivity contribution in [3.63, 3.8) is 0 Å². The fraction of sp³-hybridized carbons (Fsp3) is 0.0588. The van der Waals surface area contributed by atoms with Gasteiger partial charge in [-0.25, -0.2) is 9.97 Å². The Labute approximate surface area is 131 Å². The van der Waals surface area contributed by atoms with Crippen LogP contribution in [-0.4, -0.2) is 20.9 Å². The molecule has 1 N–H and O–H groups in total. The number of pyridine rings is 1. The molecule has 0 unspecified atom stereocenters. The van der Waals surface area contributed by atoms with Crippen molar-refractivity contribution in [2.75, 3.05) is 0 Å². The molecule has 3 heterocycles. The summed E-state index contributed by atoms with van der Waals surface area (Å²) in [7, 11) is 0. The van der Waals surface area contributed by atoms with Crippen LogP contribution in [0.15, 0.2) is 59.3 Å². The summed E-state index contributed by atoms with van der Waals surface area (Å²) in [5, 5.41) is 2.81. The summed E-state index contributed by atoms with van der Waals surface area (Å²) in [6.07, 6.45) is 3.07. The summed E-state index contributed by atoms with van der Waals surface area (Å²) in [6, 6.07) is 13.0. The highest BCUT2D eigenvalue weighted by atomic mass is 16.3. The van der Waals surface area contributed by atoms with Gasteiger partial charge in [0.1, 0.15) is 17.3 Å². The number of carbonyl (C=O) groups excluding carboxylic acids is 1. The first-order valence-electron chi connectivity index (χ1n) is 7.13. The molecule has 6 heteroatoms. The number of nitrogens with one attached hydrogen (secondary N) is 1. The Bertz CT molecular complexity index is 995. The summed E-state index contributed by atoms with van der Waals surface area (Å²) in [4.78, 5) is 25.4. The van der Waals surface area contributed by atoms with Gasteiger partial charge in [0.25, 0.3) is 5.91 Å². The van der Waals surface area contributed by atoms with Crippen molar-refractivity contribution in [1.82, 2.24) is 20.3 Å². The van der Waals surface area contributed by atoms with Crippen LogP contribution in [0.25, 0.3) is 22.3 Å². The van der Waals surface area contributed by atoms with Gasteiger partial charge in [-0.15, -0.1) is 0 Å². The van der Waals surface area contributed by atoms with E-state index in [4.69, 9.17) is 4.42 Å². The molecule has 4 aromatic rings. The molecular formula is C17H12N4O2. The van der Waals surface area contributed by atoms with Gasteiger partial charge in [-0.2, -0.15) is 0 Å². The van der Waals surface area contributed by atoms with Crippen LogP contribution in [0.1, 0.15) is 16.1 Å². The van der Waals surface area contributed by atoms with Gasteiger partial charge in [-0.05, 0) is 24.3 Å². The van der Waals surface area contributed by atoms with Crippen LogP contribution in [0.5, 0.6) is 0 Å². The molecule has 0 radical (unpaired) electrons. The third kappa shape index (κ3) is 2.50. The average molecular weight is 304 g/mol. The van der Waals surface area contributed by atoms with E-state index in [1.54, 1.807) is 6.20 Å². The van der Waals surface area contributed by atoms with Gasteiger partial charge in [0.05, 0.1) is 23.3 Å². The molecule has 0 saturated carbocycles. The molecule has 112 valence electrons. The van der Waals surface area contributed by atoms with Gasteiger partial charge in [0.15, 0.2) is 0 Å². The number of nitrogens with zero attached hydrogens (tertiary/aromatic N) is 3. The molecular weight excluding hydrogens is 292 g/mol. The van der Waals surface area contributed by atoms with Gasteiger partial charge < -0.3 is 9.73 Å². The standard InChI is InChI=1S/C17H12N4O2/c22-16(19-9-11-5-3-4-8-18-11)12-10-23-17-15(12)20-13-6-1-2-7-14(13)21-17/h1-8,10H,9H2,(H,19,22). The minimum absolute atomic E-state index is 0.265. The van der Waals surface area contributed by atoms with E-state index in [-0.39, 0.29) is 5.91 Å². The Hall–Kier alpha value is -3.28. The number of amides is 1. The molecule has 0 fully saturated rings. The molecule has 23 heavy (non-hydrogen) atoms. The first kappa shape index (κ1) is 13.4. The minimum atomic E-state index is -0.265. The zero-order valence-corrected chi connectivity index (χ0v) is 12.1. The molecule has 1 amide bonds. The maximum atomic E-state index is 12.4. The van der Waals surface area contributed by atoms with Gasteiger partial charge in [0.2, 0.25) is 5.71 Å². The third-order valence-corrected chi connectivity index (χ3v) is 3.48. The second-order valence-corrected chi connectivity index (χ2v) is 5.02. The lowest BCUT2D eigenvalue weighted by molar-refractivity contribution is 0.0951. The summed E-state index contributed by atoms with van der Waals surface area (Å²) in [5.41, 5.74) is 3.42. The van der Waals surface area contributed by atoms with Crippen molar-refractivity contribution < 1.29 is 9.21 Å². The molecule has 1 aromatic carbocycles. The number of aromatic nitrogens is 3. The van der Waals surface area contributed by atoms with Crippen molar-refractivity contribution in [2.45, 2.75) is 6.54 Å².